The third kappa shape index (κ3) is 3.47. The zero-order valence-electron chi connectivity index (χ0n) is 10.4. The van der Waals surface area contributed by atoms with E-state index in [0.29, 0.717) is 6.54 Å². The number of amides is 1. The molecule has 1 saturated carbocycles. The Kier molecular flexibility index (Phi) is 4.42. The Labute approximate surface area is 109 Å². The van der Waals surface area contributed by atoms with Gasteiger partial charge in [0, 0.05) is 12.7 Å². The number of hydrogen-bond acceptors (Lipinski definition) is 3. The van der Waals surface area contributed by atoms with Crippen LogP contribution in [0, 0.1) is 17.7 Å². The molecule has 6 heteroatoms. The molecule has 2 N–H and O–H groups in total. The summed E-state index contributed by atoms with van der Waals surface area (Å²) < 4.78 is 26.2. The van der Waals surface area contributed by atoms with Crippen LogP contribution in [0.5, 0.6) is 0 Å². The average Bonchev–Trinajstić information content (AvgIpc) is 2.41. The lowest BCUT2D eigenvalue weighted by atomic mass is 9.87. The van der Waals surface area contributed by atoms with Crippen LogP contribution in [0.4, 0.5) is 8.78 Å². The Morgan fingerprint density at radius 2 is 2.05 bits per heavy atom. The van der Waals surface area contributed by atoms with Gasteiger partial charge in [0.2, 0.25) is 5.95 Å². The van der Waals surface area contributed by atoms with Crippen LogP contribution in [-0.4, -0.2) is 28.6 Å². The normalized spacial score (nSPS) is 23.1. The van der Waals surface area contributed by atoms with Crippen LogP contribution in [-0.2, 0) is 0 Å². The van der Waals surface area contributed by atoms with Gasteiger partial charge in [0.15, 0.2) is 5.82 Å². The van der Waals surface area contributed by atoms with E-state index < -0.39 is 17.7 Å². The van der Waals surface area contributed by atoms with Crippen molar-refractivity contribution >= 4 is 5.91 Å². The van der Waals surface area contributed by atoms with Crippen LogP contribution < -0.4 is 5.32 Å². The first-order chi connectivity index (χ1) is 9.08. The van der Waals surface area contributed by atoms with Gasteiger partial charge in [-0.1, -0.05) is 0 Å². The van der Waals surface area contributed by atoms with Crippen molar-refractivity contribution in [3.63, 3.8) is 0 Å². The van der Waals surface area contributed by atoms with Gasteiger partial charge in [0.25, 0.3) is 5.91 Å². The zero-order valence-corrected chi connectivity index (χ0v) is 10.4. The summed E-state index contributed by atoms with van der Waals surface area (Å²) in [5.41, 5.74) is -0.330. The summed E-state index contributed by atoms with van der Waals surface area (Å²) in [4.78, 5) is 14.9. The standard InChI is InChI=1S/C13H16F2N2O2/c14-11-10(5-6-16-12(11)15)13(19)17-7-8-1-3-9(18)4-2-8/h5-6,8-9,18H,1-4,7H2,(H,17,19). The topological polar surface area (TPSA) is 62.2 Å². The minimum absolute atomic E-state index is 0.251. The summed E-state index contributed by atoms with van der Waals surface area (Å²) in [6.07, 6.45) is 3.91. The van der Waals surface area contributed by atoms with Gasteiger partial charge < -0.3 is 10.4 Å². The molecule has 0 aliphatic heterocycles. The van der Waals surface area contributed by atoms with Crippen molar-refractivity contribution in [2.24, 2.45) is 5.92 Å². The highest BCUT2D eigenvalue weighted by molar-refractivity contribution is 5.94. The van der Waals surface area contributed by atoms with Gasteiger partial charge in [-0.15, -0.1) is 0 Å². The number of nitrogens with one attached hydrogen (secondary N) is 1. The van der Waals surface area contributed by atoms with Gasteiger partial charge in [-0.05, 0) is 37.7 Å². The monoisotopic (exact) mass is 270 g/mol. The number of aliphatic hydroxyl groups is 1. The molecule has 0 unspecified atom stereocenters. The van der Waals surface area contributed by atoms with E-state index in [0.717, 1.165) is 37.9 Å². The molecule has 2 rings (SSSR count). The number of halogens is 2. The molecule has 1 aliphatic carbocycles. The lowest BCUT2D eigenvalue weighted by Gasteiger charge is -2.25. The molecule has 1 fully saturated rings. The maximum absolute atomic E-state index is 13.3. The number of nitrogens with zero attached hydrogens (tertiary/aromatic N) is 1. The molecule has 1 aromatic heterocycles. The first kappa shape index (κ1) is 13.9. The van der Waals surface area contributed by atoms with Crippen LogP contribution in [0.3, 0.4) is 0 Å². The van der Waals surface area contributed by atoms with Crippen molar-refractivity contribution in [1.29, 1.82) is 0 Å². The van der Waals surface area contributed by atoms with Crippen LogP contribution >= 0.6 is 0 Å². The summed E-state index contributed by atoms with van der Waals surface area (Å²) in [6.45, 7) is 0.412. The fourth-order valence-electron chi connectivity index (χ4n) is 2.27. The Morgan fingerprint density at radius 3 is 2.74 bits per heavy atom. The number of rotatable bonds is 3. The highest BCUT2D eigenvalue weighted by Crippen LogP contribution is 2.23. The van der Waals surface area contributed by atoms with E-state index in [-0.39, 0.29) is 17.6 Å². The highest BCUT2D eigenvalue weighted by atomic mass is 19.2. The molecule has 1 amide bonds. The number of aliphatic hydroxyl groups excluding tert-OH is 1. The maximum atomic E-state index is 13.3. The molecule has 0 saturated heterocycles. The number of carbonyl (C=O) groups excluding carboxylic acids is 1. The van der Waals surface area contributed by atoms with Crippen molar-refractivity contribution in [3.05, 3.63) is 29.6 Å². The molecule has 1 heterocycles. The first-order valence-corrected chi connectivity index (χ1v) is 6.34. The smallest absolute Gasteiger partial charge is 0.254 e. The number of carbonyl (C=O) groups is 1. The van der Waals surface area contributed by atoms with Crippen LogP contribution in [0.2, 0.25) is 0 Å². The van der Waals surface area contributed by atoms with Gasteiger partial charge >= 0.3 is 0 Å². The third-order valence-electron chi connectivity index (χ3n) is 3.46. The summed E-state index contributed by atoms with van der Waals surface area (Å²) in [6, 6.07) is 1.15. The Hall–Kier alpha value is -1.56. The first-order valence-electron chi connectivity index (χ1n) is 6.34. The molecule has 0 radical (unpaired) electrons. The molecular formula is C13H16F2N2O2. The Morgan fingerprint density at radius 1 is 1.37 bits per heavy atom. The van der Waals surface area contributed by atoms with Crippen molar-refractivity contribution in [3.8, 4) is 0 Å². The fraction of sp³-hybridized carbons (Fsp3) is 0.538. The molecule has 0 spiro atoms. The molecule has 0 bridgehead atoms. The summed E-state index contributed by atoms with van der Waals surface area (Å²) in [5, 5.41) is 12.0. The molecule has 104 valence electrons. The lowest BCUT2D eigenvalue weighted by Crippen LogP contribution is -2.32. The maximum Gasteiger partial charge on any atom is 0.254 e. The summed E-state index contributed by atoms with van der Waals surface area (Å²) in [7, 11) is 0. The van der Waals surface area contributed by atoms with Crippen molar-refractivity contribution in [2.75, 3.05) is 6.54 Å². The van der Waals surface area contributed by atoms with E-state index in [9.17, 15) is 18.7 Å². The average molecular weight is 270 g/mol. The third-order valence-corrected chi connectivity index (χ3v) is 3.46. The van der Waals surface area contributed by atoms with Crippen LogP contribution in [0.15, 0.2) is 12.3 Å². The second-order valence-corrected chi connectivity index (χ2v) is 4.85. The Bertz CT molecular complexity index is 460. The van der Waals surface area contributed by atoms with Crippen molar-refractivity contribution < 1.29 is 18.7 Å². The van der Waals surface area contributed by atoms with E-state index in [4.69, 9.17) is 0 Å². The van der Waals surface area contributed by atoms with Gasteiger partial charge in [-0.25, -0.2) is 9.37 Å². The van der Waals surface area contributed by atoms with Gasteiger partial charge in [-0.2, -0.15) is 4.39 Å². The Balaban J connectivity index is 1.89. The molecule has 4 nitrogen and oxygen atoms in total. The highest BCUT2D eigenvalue weighted by Gasteiger charge is 2.21. The molecule has 19 heavy (non-hydrogen) atoms. The predicted molar refractivity (Wildman–Crippen MR) is 64.5 cm³/mol. The number of aromatic nitrogens is 1. The quantitative estimate of drug-likeness (QED) is 0.821. The van der Waals surface area contributed by atoms with Crippen LogP contribution in [0.1, 0.15) is 36.0 Å². The van der Waals surface area contributed by atoms with Crippen molar-refractivity contribution in [1.82, 2.24) is 10.3 Å². The van der Waals surface area contributed by atoms with Gasteiger partial charge in [-0.3, -0.25) is 4.79 Å². The molecule has 1 aliphatic rings. The van der Waals surface area contributed by atoms with E-state index in [1.807, 2.05) is 0 Å². The van der Waals surface area contributed by atoms with Crippen molar-refractivity contribution in [2.45, 2.75) is 31.8 Å². The second kappa shape index (κ2) is 6.06. The largest absolute Gasteiger partial charge is 0.393 e. The van der Waals surface area contributed by atoms with E-state index in [1.54, 1.807) is 0 Å². The number of pyridine rings is 1. The summed E-state index contributed by atoms with van der Waals surface area (Å²) in [5.74, 6) is -2.85. The molecule has 0 aromatic carbocycles. The predicted octanol–water partition coefficient (Wildman–Crippen LogP) is 1.64. The van der Waals surface area contributed by atoms with E-state index in [2.05, 4.69) is 10.3 Å². The van der Waals surface area contributed by atoms with E-state index >= 15 is 0 Å². The van der Waals surface area contributed by atoms with Crippen LogP contribution in [0.25, 0.3) is 0 Å². The molecule has 1 aromatic rings. The minimum atomic E-state index is -1.27. The number of hydrogen-bond donors (Lipinski definition) is 2. The second-order valence-electron chi connectivity index (χ2n) is 4.85. The molecule has 0 atom stereocenters. The SMILES string of the molecule is O=C(NCC1CCC(O)CC1)c1ccnc(F)c1F. The van der Waals surface area contributed by atoms with Gasteiger partial charge in [0.1, 0.15) is 0 Å². The minimum Gasteiger partial charge on any atom is -0.393 e. The van der Waals surface area contributed by atoms with E-state index in [1.165, 1.54) is 0 Å². The lowest BCUT2D eigenvalue weighted by molar-refractivity contribution is 0.0905. The fourth-order valence-corrected chi connectivity index (χ4v) is 2.27. The molecular weight excluding hydrogens is 254 g/mol. The van der Waals surface area contributed by atoms with Gasteiger partial charge in [0.05, 0.1) is 11.7 Å². The zero-order chi connectivity index (χ0) is 13.8. The summed E-state index contributed by atoms with van der Waals surface area (Å²) >= 11 is 0.